The van der Waals surface area contributed by atoms with Crippen molar-refractivity contribution in [3.63, 3.8) is 0 Å². The van der Waals surface area contributed by atoms with Crippen molar-refractivity contribution in [3.05, 3.63) is 53.6 Å². The Labute approximate surface area is 117 Å². The molecule has 0 fully saturated rings. The van der Waals surface area contributed by atoms with E-state index in [1.807, 2.05) is 56.3 Å². The maximum atomic E-state index is 5.89. The first-order valence-corrected chi connectivity index (χ1v) is 6.41. The van der Waals surface area contributed by atoms with E-state index >= 15 is 0 Å². The van der Waals surface area contributed by atoms with Crippen molar-refractivity contribution in [3.8, 4) is 22.8 Å². The van der Waals surface area contributed by atoms with Crippen LogP contribution in [0.25, 0.3) is 22.8 Å². The molecule has 0 saturated carbocycles. The van der Waals surface area contributed by atoms with Crippen LogP contribution in [0.4, 0.5) is 5.69 Å². The fraction of sp³-hybridized carbons (Fsp3) is 0.125. The third-order valence-electron chi connectivity index (χ3n) is 3.38. The maximum absolute atomic E-state index is 5.89. The molecule has 1 aromatic heterocycles. The highest BCUT2D eigenvalue weighted by atomic mass is 16.5. The van der Waals surface area contributed by atoms with Crippen molar-refractivity contribution in [1.29, 1.82) is 0 Å². The number of hydrogen-bond acceptors (Lipinski definition) is 4. The Morgan fingerprint density at radius 1 is 1.05 bits per heavy atom. The molecular weight excluding hydrogens is 250 g/mol. The van der Waals surface area contributed by atoms with Crippen LogP contribution >= 0.6 is 0 Å². The van der Waals surface area contributed by atoms with Crippen LogP contribution in [-0.4, -0.2) is 10.1 Å². The molecular formula is C16H15N3O. The normalized spacial score (nSPS) is 10.7. The zero-order valence-electron chi connectivity index (χ0n) is 11.4. The Morgan fingerprint density at radius 2 is 1.80 bits per heavy atom. The van der Waals surface area contributed by atoms with Gasteiger partial charge in [0.25, 0.3) is 5.89 Å². The number of benzene rings is 2. The molecule has 3 aromatic rings. The largest absolute Gasteiger partial charge is 0.399 e. The van der Waals surface area contributed by atoms with Gasteiger partial charge in [-0.2, -0.15) is 4.98 Å². The lowest BCUT2D eigenvalue weighted by molar-refractivity contribution is 0.432. The van der Waals surface area contributed by atoms with Crippen LogP contribution in [-0.2, 0) is 0 Å². The number of aryl methyl sites for hydroxylation is 1. The molecule has 2 N–H and O–H groups in total. The summed E-state index contributed by atoms with van der Waals surface area (Å²) in [5.41, 5.74) is 10.6. The fourth-order valence-corrected chi connectivity index (χ4v) is 2.15. The van der Waals surface area contributed by atoms with Gasteiger partial charge in [0.15, 0.2) is 0 Å². The molecule has 0 atom stereocenters. The van der Waals surface area contributed by atoms with Gasteiger partial charge < -0.3 is 10.3 Å². The first kappa shape index (κ1) is 12.4. The number of nitrogens with two attached hydrogens (primary N) is 1. The summed E-state index contributed by atoms with van der Waals surface area (Å²) in [5, 5.41) is 4.04. The van der Waals surface area contributed by atoms with Gasteiger partial charge in [-0.1, -0.05) is 35.5 Å². The second-order valence-electron chi connectivity index (χ2n) is 4.80. The molecule has 0 spiro atoms. The summed E-state index contributed by atoms with van der Waals surface area (Å²) >= 11 is 0. The third-order valence-corrected chi connectivity index (χ3v) is 3.38. The predicted octanol–water partition coefficient (Wildman–Crippen LogP) is 3.60. The highest BCUT2D eigenvalue weighted by Crippen LogP contribution is 2.28. The van der Waals surface area contributed by atoms with E-state index in [2.05, 4.69) is 10.1 Å². The van der Waals surface area contributed by atoms with Crippen LogP contribution in [0, 0.1) is 13.8 Å². The van der Waals surface area contributed by atoms with Crippen molar-refractivity contribution in [1.82, 2.24) is 10.1 Å². The van der Waals surface area contributed by atoms with Gasteiger partial charge in [-0.15, -0.1) is 0 Å². The van der Waals surface area contributed by atoms with E-state index in [4.69, 9.17) is 10.3 Å². The number of hydrogen-bond donors (Lipinski definition) is 1. The Bertz CT molecular complexity index is 748. The standard InChI is InChI=1S/C16H15N3O/c1-10-8-13(17)9-14(11(10)2)16-18-15(19-20-16)12-6-4-3-5-7-12/h3-9H,17H2,1-2H3. The smallest absolute Gasteiger partial charge is 0.258 e. The monoisotopic (exact) mass is 265 g/mol. The van der Waals surface area contributed by atoms with Gasteiger partial charge in [0.1, 0.15) is 0 Å². The van der Waals surface area contributed by atoms with Crippen molar-refractivity contribution >= 4 is 5.69 Å². The van der Waals surface area contributed by atoms with Gasteiger partial charge in [-0.25, -0.2) is 0 Å². The zero-order chi connectivity index (χ0) is 14.1. The molecule has 0 bridgehead atoms. The quantitative estimate of drug-likeness (QED) is 0.719. The predicted molar refractivity (Wildman–Crippen MR) is 79.1 cm³/mol. The summed E-state index contributed by atoms with van der Waals surface area (Å²) in [6, 6.07) is 13.6. The molecule has 0 aliphatic rings. The van der Waals surface area contributed by atoms with E-state index in [0.29, 0.717) is 17.4 Å². The molecule has 0 saturated heterocycles. The molecule has 20 heavy (non-hydrogen) atoms. The molecule has 0 aliphatic heterocycles. The summed E-state index contributed by atoms with van der Waals surface area (Å²) in [6.07, 6.45) is 0. The maximum Gasteiger partial charge on any atom is 0.258 e. The van der Waals surface area contributed by atoms with E-state index < -0.39 is 0 Å². The van der Waals surface area contributed by atoms with Crippen LogP contribution in [0.5, 0.6) is 0 Å². The highest BCUT2D eigenvalue weighted by molar-refractivity contribution is 5.68. The number of nitrogen functional groups attached to an aromatic ring is 1. The second-order valence-corrected chi connectivity index (χ2v) is 4.80. The molecule has 0 radical (unpaired) electrons. The Balaban J connectivity index is 2.07. The molecule has 3 rings (SSSR count). The van der Waals surface area contributed by atoms with Gasteiger partial charge in [-0.05, 0) is 37.1 Å². The molecule has 0 aliphatic carbocycles. The zero-order valence-corrected chi connectivity index (χ0v) is 11.4. The average Bonchev–Trinajstić information content (AvgIpc) is 2.93. The van der Waals surface area contributed by atoms with Gasteiger partial charge in [0, 0.05) is 16.8 Å². The van der Waals surface area contributed by atoms with E-state index in [0.717, 1.165) is 22.3 Å². The van der Waals surface area contributed by atoms with E-state index in [-0.39, 0.29) is 0 Å². The van der Waals surface area contributed by atoms with E-state index in [9.17, 15) is 0 Å². The topological polar surface area (TPSA) is 64.9 Å². The molecule has 2 aromatic carbocycles. The first-order valence-electron chi connectivity index (χ1n) is 6.41. The van der Waals surface area contributed by atoms with Crippen LogP contribution < -0.4 is 5.73 Å². The lowest BCUT2D eigenvalue weighted by Gasteiger charge is -2.06. The minimum absolute atomic E-state index is 0.497. The lowest BCUT2D eigenvalue weighted by atomic mass is 10.0. The SMILES string of the molecule is Cc1cc(N)cc(-c2nc(-c3ccccc3)no2)c1C. The summed E-state index contributed by atoms with van der Waals surface area (Å²) in [7, 11) is 0. The Kier molecular flexibility index (Phi) is 2.99. The lowest BCUT2D eigenvalue weighted by Crippen LogP contribution is -1.93. The average molecular weight is 265 g/mol. The summed E-state index contributed by atoms with van der Waals surface area (Å²) in [5.74, 6) is 1.08. The minimum Gasteiger partial charge on any atom is -0.399 e. The molecule has 4 heteroatoms. The van der Waals surface area contributed by atoms with Crippen molar-refractivity contribution in [2.24, 2.45) is 0 Å². The van der Waals surface area contributed by atoms with Gasteiger partial charge in [-0.3, -0.25) is 0 Å². The van der Waals surface area contributed by atoms with Crippen molar-refractivity contribution in [2.45, 2.75) is 13.8 Å². The number of rotatable bonds is 2. The molecule has 100 valence electrons. The number of aromatic nitrogens is 2. The summed E-state index contributed by atoms with van der Waals surface area (Å²) in [4.78, 5) is 4.46. The van der Waals surface area contributed by atoms with Crippen LogP contribution in [0.3, 0.4) is 0 Å². The molecule has 0 amide bonds. The number of anilines is 1. The third kappa shape index (κ3) is 2.16. The molecule has 0 unspecified atom stereocenters. The molecule has 4 nitrogen and oxygen atoms in total. The van der Waals surface area contributed by atoms with Gasteiger partial charge in [0.2, 0.25) is 5.82 Å². The Morgan fingerprint density at radius 3 is 2.55 bits per heavy atom. The first-order chi connectivity index (χ1) is 9.65. The van der Waals surface area contributed by atoms with Crippen molar-refractivity contribution in [2.75, 3.05) is 5.73 Å². The summed E-state index contributed by atoms with van der Waals surface area (Å²) < 4.78 is 5.38. The van der Waals surface area contributed by atoms with E-state index in [1.165, 1.54) is 0 Å². The fourth-order valence-electron chi connectivity index (χ4n) is 2.15. The second kappa shape index (κ2) is 4.81. The van der Waals surface area contributed by atoms with Crippen LogP contribution in [0.1, 0.15) is 11.1 Å². The minimum atomic E-state index is 0.497. The van der Waals surface area contributed by atoms with Gasteiger partial charge in [0.05, 0.1) is 0 Å². The number of nitrogens with zero attached hydrogens (tertiary/aromatic N) is 2. The highest BCUT2D eigenvalue weighted by Gasteiger charge is 2.14. The van der Waals surface area contributed by atoms with Gasteiger partial charge >= 0.3 is 0 Å². The summed E-state index contributed by atoms with van der Waals surface area (Å²) in [6.45, 7) is 4.04. The van der Waals surface area contributed by atoms with Crippen LogP contribution in [0.15, 0.2) is 47.0 Å². The van der Waals surface area contributed by atoms with Crippen LogP contribution in [0.2, 0.25) is 0 Å². The Hall–Kier alpha value is -2.62. The van der Waals surface area contributed by atoms with Crippen molar-refractivity contribution < 1.29 is 4.52 Å². The van der Waals surface area contributed by atoms with E-state index in [1.54, 1.807) is 0 Å². The molecule has 1 heterocycles.